The number of nitrogens with one attached hydrogen (secondary N) is 1. The zero-order chi connectivity index (χ0) is 12.1. The molecule has 0 atom stereocenters. The average molecular weight is 249 g/mol. The molecule has 5 heteroatoms. The number of aromatic nitrogens is 1. The normalized spacial score (nSPS) is 10.2. The molecule has 0 amide bonds. The molecule has 0 radical (unpaired) electrons. The van der Waals surface area contributed by atoms with Gasteiger partial charge in [-0.2, -0.15) is 0 Å². The fourth-order valence-corrected chi connectivity index (χ4v) is 1.99. The summed E-state index contributed by atoms with van der Waals surface area (Å²) in [6.07, 6.45) is 0. The Hall–Kier alpha value is -1.75. The summed E-state index contributed by atoms with van der Waals surface area (Å²) < 4.78 is 5.37. The van der Waals surface area contributed by atoms with Crippen molar-refractivity contribution in [1.29, 1.82) is 0 Å². The first kappa shape index (κ1) is 11.7. The lowest BCUT2D eigenvalue weighted by Crippen LogP contribution is -2.00. The number of nitrogens with zero attached hydrogens (tertiary/aromatic N) is 1. The Balaban J connectivity index is 1.90. The van der Waals surface area contributed by atoms with Crippen molar-refractivity contribution in [1.82, 2.24) is 4.98 Å². The third-order valence-corrected chi connectivity index (χ3v) is 2.93. The van der Waals surface area contributed by atoms with E-state index in [1.165, 1.54) is 11.3 Å². The van der Waals surface area contributed by atoms with Crippen molar-refractivity contribution in [2.45, 2.75) is 13.5 Å². The molecule has 1 heterocycles. The van der Waals surface area contributed by atoms with E-state index in [9.17, 15) is 0 Å². The van der Waals surface area contributed by atoms with Crippen molar-refractivity contribution in [3.05, 3.63) is 35.3 Å². The lowest BCUT2D eigenvalue weighted by Gasteiger charge is -2.06. The molecule has 0 aliphatic carbocycles. The van der Waals surface area contributed by atoms with Crippen molar-refractivity contribution in [2.24, 2.45) is 0 Å². The first-order valence-electron chi connectivity index (χ1n) is 5.44. The largest absolute Gasteiger partial charge is 0.494 e. The Morgan fingerprint density at radius 1 is 1.35 bits per heavy atom. The van der Waals surface area contributed by atoms with Crippen LogP contribution in [0.1, 0.15) is 12.6 Å². The van der Waals surface area contributed by atoms with E-state index in [0.29, 0.717) is 18.3 Å². The van der Waals surface area contributed by atoms with E-state index >= 15 is 0 Å². The predicted molar refractivity (Wildman–Crippen MR) is 71.5 cm³/mol. The molecule has 90 valence electrons. The molecular weight excluding hydrogens is 234 g/mol. The van der Waals surface area contributed by atoms with E-state index in [1.54, 1.807) is 0 Å². The quantitative estimate of drug-likeness (QED) is 0.855. The number of rotatable bonds is 5. The van der Waals surface area contributed by atoms with Crippen LogP contribution < -0.4 is 15.8 Å². The molecule has 4 nitrogen and oxygen atoms in total. The molecule has 0 bridgehead atoms. The molecule has 17 heavy (non-hydrogen) atoms. The Kier molecular flexibility index (Phi) is 3.82. The zero-order valence-electron chi connectivity index (χ0n) is 9.64. The van der Waals surface area contributed by atoms with E-state index in [1.807, 2.05) is 36.6 Å². The third kappa shape index (κ3) is 3.35. The van der Waals surface area contributed by atoms with E-state index in [0.717, 1.165) is 17.1 Å². The standard InChI is InChI=1S/C12H15N3OS/c1-2-16-11-5-3-9(4-6-11)14-7-10-8-17-12(13)15-10/h3-6,8,14H,2,7H2,1H3,(H2,13,15). The van der Waals surface area contributed by atoms with Gasteiger partial charge in [0.05, 0.1) is 18.8 Å². The molecule has 1 aromatic carbocycles. The van der Waals surface area contributed by atoms with Gasteiger partial charge in [-0.15, -0.1) is 11.3 Å². The van der Waals surface area contributed by atoms with Crippen molar-refractivity contribution in [3.63, 3.8) is 0 Å². The third-order valence-electron chi connectivity index (χ3n) is 2.21. The molecule has 0 fully saturated rings. The number of hydrogen-bond acceptors (Lipinski definition) is 5. The molecule has 1 aromatic heterocycles. The van der Waals surface area contributed by atoms with Crippen LogP contribution in [0.2, 0.25) is 0 Å². The summed E-state index contributed by atoms with van der Waals surface area (Å²) in [4.78, 5) is 4.18. The maximum absolute atomic E-state index is 5.56. The highest BCUT2D eigenvalue weighted by molar-refractivity contribution is 7.13. The molecule has 2 aromatic rings. The molecule has 0 saturated carbocycles. The highest BCUT2D eigenvalue weighted by atomic mass is 32.1. The Labute approximate surface area is 104 Å². The molecule has 0 spiro atoms. The minimum Gasteiger partial charge on any atom is -0.494 e. The van der Waals surface area contributed by atoms with Gasteiger partial charge in [0, 0.05) is 11.1 Å². The van der Waals surface area contributed by atoms with Gasteiger partial charge in [-0.25, -0.2) is 4.98 Å². The van der Waals surface area contributed by atoms with Crippen LogP contribution in [0.25, 0.3) is 0 Å². The molecule has 0 aliphatic heterocycles. The zero-order valence-corrected chi connectivity index (χ0v) is 10.5. The molecule has 2 rings (SSSR count). The number of nitrogen functional groups attached to an aromatic ring is 1. The lowest BCUT2D eigenvalue weighted by atomic mass is 10.3. The maximum Gasteiger partial charge on any atom is 0.180 e. The summed E-state index contributed by atoms with van der Waals surface area (Å²) in [5.41, 5.74) is 7.57. The van der Waals surface area contributed by atoms with Gasteiger partial charge in [0.15, 0.2) is 5.13 Å². The van der Waals surface area contributed by atoms with Gasteiger partial charge in [-0.05, 0) is 31.2 Å². The van der Waals surface area contributed by atoms with Crippen LogP contribution in [-0.2, 0) is 6.54 Å². The number of hydrogen-bond donors (Lipinski definition) is 2. The van der Waals surface area contributed by atoms with Gasteiger partial charge in [-0.3, -0.25) is 0 Å². The smallest absolute Gasteiger partial charge is 0.180 e. The van der Waals surface area contributed by atoms with E-state index in [4.69, 9.17) is 10.5 Å². The van der Waals surface area contributed by atoms with Crippen LogP contribution in [0.5, 0.6) is 5.75 Å². The Morgan fingerprint density at radius 2 is 2.12 bits per heavy atom. The lowest BCUT2D eigenvalue weighted by molar-refractivity contribution is 0.340. The number of nitrogens with two attached hydrogens (primary N) is 1. The second kappa shape index (κ2) is 5.54. The van der Waals surface area contributed by atoms with Gasteiger partial charge < -0.3 is 15.8 Å². The topological polar surface area (TPSA) is 60.2 Å². The summed E-state index contributed by atoms with van der Waals surface area (Å²) in [5, 5.41) is 5.84. The van der Waals surface area contributed by atoms with Crippen molar-refractivity contribution in [2.75, 3.05) is 17.7 Å². The molecule has 0 aliphatic rings. The van der Waals surface area contributed by atoms with Gasteiger partial charge in [0.1, 0.15) is 5.75 Å². The molecule has 0 unspecified atom stereocenters. The van der Waals surface area contributed by atoms with Crippen molar-refractivity contribution < 1.29 is 4.74 Å². The summed E-state index contributed by atoms with van der Waals surface area (Å²) >= 11 is 1.46. The van der Waals surface area contributed by atoms with Gasteiger partial charge in [-0.1, -0.05) is 0 Å². The Morgan fingerprint density at radius 3 is 2.71 bits per heavy atom. The van der Waals surface area contributed by atoms with Crippen molar-refractivity contribution >= 4 is 22.2 Å². The van der Waals surface area contributed by atoms with Crippen LogP contribution in [0, 0.1) is 0 Å². The summed E-state index contributed by atoms with van der Waals surface area (Å²) in [6.45, 7) is 3.34. The van der Waals surface area contributed by atoms with Crippen molar-refractivity contribution in [3.8, 4) is 5.75 Å². The first-order valence-corrected chi connectivity index (χ1v) is 6.32. The van der Waals surface area contributed by atoms with Crippen LogP contribution in [-0.4, -0.2) is 11.6 Å². The maximum atomic E-state index is 5.56. The number of ether oxygens (including phenoxy) is 1. The van der Waals surface area contributed by atoms with Crippen LogP contribution >= 0.6 is 11.3 Å². The average Bonchev–Trinajstić information content (AvgIpc) is 2.75. The van der Waals surface area contributed by atoms with E-state index in [2.05, 4.69) is 10.3 Å². The number of benzene rings is 1. The predicted octanol–water partition coefficient (Wildman–Crippen LogP) is 2.74. The van der Waals surface area contributed by atoms with Gasteiger partial charge in [0.2, 0.25) is 0 Å². The monoisotopic (exact) mass is 249 g/mol. The summed E-state index contributed by atoms with van der Waals surface area (Å²) in [7, 11) is 0. The summed E-state index contributed by atoms with van der Waals surface area (Å²) in [5.74, 6) is 0.885. The van der Waals surface area contributed by atoms with Gasteiger partial charge >= 0.3 is 0 Å². The van der Waals surface area contributed by atoms with E-state index in [-0.39, 0.29) is 0 Å². The minimum absolute atomic E-state index is 0.605. The highest BCUT2D eigenvalue weighted by Crippen LogP contribution is 2.17. The van der Waals surface area contributed by atoms with Crippen LogP contribution in [0.4, 0.5) is 10.8 Å². The summed E-state index contributed by atoms with van der Waals surface area (Å²) in [6, 6.07) is 7.87. The molecule has 0 saturated heterocycles. The van der Waals surface area contributed by atoms with Crippen LogP contribution in [0.15, 0.2) is 29.6 Å². The highest BCUT2D eigenvalue weighted by Gasteiger charge is 1.99. The second-order valence-electron chi connectivity index (χ2n) is 3.49. The fraction of sp³-hybridized carbons (Fsp3) is 0.250. The fourth-order valence-electron chi connectivity index (χ4n) is 1.43. The number of anilines is 2. The van der Waals surface area contributed by atoms with Crippen LogP contribution in [0.3, 0.4) is 0 Å². The SMILES string of the molecule is CCOc1ccc(NCc2csc(N)n2)cc1. The van der Waals surface area contributed by atoms with E-state index < -0.39 is 0 Å². The minimum atomic E-state index is 0.605. The first-order chi connectivity index (χ1) is 8.28. The molecule has 3 N–H and O–H groups in total. The Bertz CT molecular complexity index is 467. The van der Waals surface area contributed by atoms with Gasteiger partial charge in [0.25, 0.3) is 0 Å². The number of thiazole rings is 1. The molecular formula is C12H15N3OS. The second-order valence-corrected chi connectivity index (χ2v) is 4.38.